The minimum absolute atomic E-state index is 0.0193. The molecule has 2 N–H and O–H groups in total. The van der Waals surface area contributed by atoms with Crippen LogP contribution in [0, 0.1) is 6.92 Å². The largest absolute Gasteiger partial charge is 0.396 e. The molecular formula is C25H29N3O2. The van der Waals surface area contributed by atoms with Gasteiger partial charge < -0.3 is 10.4 Å². The summed E-state index contributed by atoms with van der Waals surface area (Å²) in [6, 6.07) is 16.2. The monoisotopic (exact) mass is 403 g/mol. The first kappa shape index (κ1) is 20.4. The first-order chi connectivity index (χ1) is 14.5. The molecule has 1 aliphatic carbocycles. The molecule has 2 aromatic carbocycles. The maximum atomic E-state index is 14.0. The molecule has 0 spiro atoms. The molecular weight excluding hydrogens is 374 g/mol. The highest BCUT2D eigenvalue weighted by Crippen LogP contribution is 2.42. The van der Waals surface area contributed by atoms with Crippen molar-refractivity contribution < 1.29 is 5.11 Å². The number of benzene rings is 2. The van der Waals surface area contributed by atoms with Crippen molar-refractivity contribution in [1.82, 2.24) is 9.55 Å². The highest BCUT2D eigenvalue weighted by Gasteiger charge is 2.38. The van der Waals surface area contributed by atoms with E-state index < -0.39 is 0 Å². The lowest BCUT2D eigenvalue weighted by Crippen LogP contribution is -2.39. The zero-order valence-corrected chi connectivity index (χ0v) is 17.9. The van der Waals surface area contributed by atoms with Gasteiger partial charge in [0.25, 0.3) is 5.56 Å². The minimum atomic E-state index is -0.274. The molecule has 1 atom stereocenters. The van der Waals surface area contributed by atoms with E-state index in [4.69, 9.17) is 4.98 Å². The number of hydrogen-bond donors (Lipinski definition) is 2. The van der Waals surface area contributed by atoms with Crippen LogP contribution >= 0.6 is 0 Å². The number of anilines is 1. The van der Waals surface area contributed by atoms with Crippen molar-refractivity contribution in [1.29, 1.82) is 0 Å². The number of hydrogen-bond acceptors (Lipinski definition) is 4. The Morgan fingerprint density at radius 1 is 1.17 bits per heavy atom. The van der Waals surface area contributed by atoms with Crippen LogP contribution in [0.3, 0.4) is 0 Å². The molecule has 4 rings (SSSR count). The molecule has 0 amide bonds. The summed E-state index contributed by atoms with van der Waals surface area (Å²) in [5.41, 5.74) is 5.48. The molecule has 1 aliphatic rings. The van der Waals surface area contributed by atoms with Crippen molar-refractivity contribution in [2.45, 2.75) is 45.4 Å². The Morgan fingerprint density at radius 3 is 2.60 bits per heavy atom. The topological polar surface area (TPSA) is 67.2 Å². The number of aromatic nitrogens is 2. The Kier molecular flexibility index (Phi) is 5.48. The van der Waals surface area contributed by atoms with Crippen LogP contribution < -0.4 is 10.9 Å². The van der Waals surface area contributed by atoms with Crippen molar-refractivity contribution in [3.8, 4) is 16.9 Å². The predicted octanol–water partition coefficient (Wildman–Crippen LogP) is 4.23. The van der Waals surface area contributed by atoms with Crippen molar-refractivity contribution in [2.75, 3.05) is 18.5 Å². The summed E-state index contributed by atoms with van der Waals surface area (Å²) in [7, 11) is 0. The van der Waals surface area contributed by atoms with Crippen LogP contribution in [0.1, 0.15) is 43.4 Å². The molecule has 5 heteroatoms. The van der Waals surface area contributed by atoms with Crippen LogP contribution in [0.2, 0.25) is 0 Å². The van der Waals surface area contributed by atoms with E-state index in [1.165, 1.54) is 5.56 Å². The van der Waals surface area contributed by atoms with Crippen molar-refractivity contribution >= 4 is 5.95 Å². The van der Waals surface area contributed by atoms with E-state index in [0.29, 0.717) is 18.9 Å². The summed E-state index contributed by atoms with van der Waals surface area (Å²) in [4.78, 5) is 19.0. The maximum Gasteiger partial charge on any atom is 0.263 e. The first-order valence-electron chi connectivity index (χ1n) is 10.7. The van der Waals surface area contributed by atoms with E-state index in [-0.39, 0.29) is 17.6 Å². The molecule has 5 nitrogen and oxygen atoms in total. The van der Waals surface area contributed by atoms with Crippen LogP contribution in [0.4, 0.5) is 5.95 Å². The molecule has 1 heterocycles. The van der Waals surface area contributed by atoms with Gasteiger partial charge in [0, 0.05) is 24.1 Å². The second kappa shape index (κ2) is 8.07. The summed E-state index contributed by atoms with van der Waals surface area (Å²) in [6.45, 7) is 6.97. The third-order valence-corrected chi connectivity index (χ3v) is 6.23. The van der Waals surface area contributed by atoms with E-state index in [0.717, 1.165) is 40.9 Å². The number of rotatable bonds is 6. The van der Waals surface area contributed by atoms with Gasteiger partial charge in [0.15, 0.2) is 0 Å². The highest BCUT2D eigenvalue weighted by atomic mass is 16.3. The summed E-state index contributed by atoms with van der Waals surface area (Å²) < 4.78 is 1.69. The van der Waals surface area contributed by atoms with Gasteiger partial charge in [-0.2, -0.15) is 0 Å². The van der Waals surface area contributed by atoms with Crippen LogP contribution in [-0.4, -0.2) is 27.8 Å². The van der Waals surface area contributed by atoms with Gasteiger partial charge in [0.2, 0.25) is 5.95 Å². The van der Waals surface area contributed by atoms with Gasteiger partial charge in [-0.15, -0.1) is 0 Å². The van der Waals surface area contributed by atoms with E-state index in [2.05, 4.69) is 31.3 Å². The Balaban J connectivity index is 2.01. The summed E-state index contributed by atoms with van der Waals surface area (Å²) in [6.07, 6.45) is 2.27. The van der Waals surface area contributed by atoms with E-state index in [9.17, 15) is 9.90 Å². The van der Waals surface area contributed by atoms with Crippen LogP contribution in [0.25, 0.3) is 16.9 Å². The van der Waals surface area contributed by atoms with E-state index >= 15 is 0 Å². The highest BCUT2D eigenvalue weighted by molar-refractivity contribution is 5.73. The van der Waals surface area contributed by atoms with Gasteiger partial charge in [-0.1, -0.05) is 55.8 Å². The smallest absolute Gasteiger partial charge is 0.263 e. The molecule has 30 heavy (non-hydrogen) atoms. The van der Waals surface area contributed by atoms with Crippen molar-refractivity contribution in [3.63, 3.8) is 0 Å². The molecule has 1 aromatic heterocycles. The van der Waals surface area contributed by atoms with E-state index in [1.807, 2.05) is 43.3 Å². The van der Waals surface area contributed by atoms with Gasteiger partial charge in [-0.3, -0.25) is 4.79 Å². The number of nitrogens with one attached hydrogen (secondary N) is 1. The molecule has 0 bridgehead atoms. The third kappa shape index (κ3) is 3.43. The minimum Gasteiger partial charge on any atom is -0.396 e. The third-order valence-electron chi connectivity index (χ3n) is 6.23. The number of aliphatic hydroxyl groups excluding tert-OH is 1. The number of aryl methyl sites for hydroxylation is 1. The molecule has 0 saturated carbocycles. The molecule has 0 radical (unpaired) electrons. The Morgan fingerprint density at radius 2 is 1.90 bits per heavy atom. The quantitative estimate of drug-likeness (QED) is 0.605. The average molecular weight is 404 g/mol. The molecule has 0 saturated heterocycles. The summed E-state index contributed by atoms with van der Waals surface area (Å²) in [5.74, 6) is 0.520. The number of fused-ring (bicyclic) bond motifs is 3. The van der Waals surface area contributed by atoms with Crippen LogP contribution in [0.5, 0.6) is 0 Å². The summed E-state index contributed by atoms with van der Waals surface area (Å²) >= 11 is 0. The fourth-order valence-electron chi connectivity index (χ4n) is 4.31. The lowest BCUT2D eigenvalue weighted by molar-refractivity contribution is 0.292. The molecule has 3 aromatic rings. The van der Waals surface area contributed by atoms with Gasteiger partial charge >= 0.3 is 0 Å². The average Bonchev–Trinajstić information content (AvgIpc) is 2.75. The Labute approximate surface area is 177 Å². The fourth-order valence-corrected chi connectivity index (χ4v) is 4.31. The zero-order valence-electron chi connectivity index (χ0n) is 17.9. The van der Waals surface area contributed by atoms with Gasteiger partial charge in [-0.05, 0) is 43.9 Å². The Hall–Kier alpha value is -2.92. The zero-order chi connectivity index (χ0) is 21.3. The predicted molar refractivity (Wildman–Crippen MR) is 122 cm³/mol. The first-order valence-corrected chi connectivity index (χ1v) is 10.7. The van der Waals surface area contributed by atoms with Crippen LogP contribution in [-0.2, 0) is 11.8 Å². The molecule has 0 fully saturated rings. The van der Waals surface area contributed by atoms with Crippen molar-refractivity contribution in [3.05, 3.63) is 75.6 Å². The number of aliphatic hydroxyl groups is 1. The molecule has 156 valence electrons. The Bertz CT molecular complexity index is 1120. The van der Waals surface area contributed by atoms with Crippen molar-refractivity contribution in [2.24, 2.45) is 0 Å². The second-order valence-electron chi connectivity index (χ2n) is 8.39. The molecule has 0 unspecified atom stereocenters. The van der Waals surface area contributed by atoms with Gasteiger partial charge in [0.05, 0.1) is 16.9 Å². The lowest BCUT2D eigenvalue weighted by Gasteiger charge is -2.36. The second-order valence-corrected chi connectivity index (χ2v) is 8.39. The lowest BCUT2D eigenvalue weighted by atomic mass is 9.69. The SMILES string of the molecule is CC[C@@]1(C)Cc2ccccc2-c2nc(NCCCO)n(-c3ccc(C)cc3)c(=O)c21. The maximum absolute atomic E-state index is 14.0. The fraction of sp³-hybridized carbons (Fsp3) is 0.360. The van der Waals surface area contributed by atoms with Crippen LogP contribution in [0.15, 0.2) is 53.3 Å². The van der Waals surface area contributed by atoms with E-state index in [1.54, 1.807) is 4.57 Å². The normalized spacial score (nSPS) is 17.3. The van der Waals surface area contributed by atoms with Gasteiger partial charge in [-0.25, -0.2) is 9.55 Å². The standard InChI is InChI=1S/C25H29N3O2/c1-4-25(3)16-18-8-5-6-9-20(18)22-21(25)23(30)28(19-12-10-17(2)11-13-19)24(27-22)26-14-7-15-29/h5-6,8-13,29H,4,7,14-16H2,1-3H3,(H,26,27)/t25-/m0/s1. The van der Waals surface area contributed by atoms with Gasteiger partial charge in [0.1, 0.15) is 0 Å². The summed E-state index contributed by atoms with van der Waals surface area (Å²) in [5, 5.41) is 12.5. The number of nitrogens with zero attached hydrogens (tertiary/aromatic N) is 2. The molecule has 0 aliphatic heterocycles.